The van der Waals surface area contributed by atoms with E-state index in [1.165, 1.54) is 12.5 Å². The third-order valence-electron chi connectivity index (χ3n) is 10.4. The summed E-state index contributed by atoms with van der Waals surface area (Å²) in [6.07, 6.45) is 9.31. The standard InChI is InChI=1S/C34H40N6O3.C10H18O.C2H4O/c1-23(2)34(41)29-20-27(7-6-24(29)3)42-18-17-39-15-11-26(12-16-39)43-28-21-40(22-28)25-10-14-36-33(19-25)38-32-9-8-30-31(37-32)5-4-13-35-30;1-5-10(11)7-6-9(4)8(2)3;1-2-3/h4-10,13-14,19-20,23,26,28H,11-12,15-18,21-22H2,1-3H3,(H,36,37,38);9H,2,5-7H2,1,3-4H3;2H,1H3. The van der Waals surface area contributed by atoms with Gasteiger partial charge in [0.1, 0.15) is 36.1 Å². The Morgan fingerprint density at radius 3 is 2.39 bits per heavy atom. The van der Waals surface area contributed by atoms with Crippen LogP contribution >= 0.6 is 0 Å². The normalized spacial score (nSPS) is 15.1. The minimum Gasteiger partial charge on any atom is -0.492 e. The average Bonchev–Trinajstić information content (AvgIpc) is 3.19. The molecule has 0 bridgehead atoms. The Morgan fingerprint density at radius 2 is 1.70 bits per heavy atom. The Hall–Kier alpha value is -5.00. The van der Waals surface area contributed by atoms with Crippen LogP contribution in [0.5, 0.6) is 5.75 Å². The first-order valence-corrected chi connectivity index (χ1v) is 20.3. The molecule has 2 aliphatic heterocycles. The molecule has 0 radical (unpaired) electrons. The molecule has 1 unspecified atom stereocenters. The summed E-state index contributed by atoms with van der Waals surface area (Å²) in [5, 5.41) is 3.32. The van der Waals surface area contributed by atoms with Crippen molar-refractivity contribution in [2.45, 2.75) is 92.8 Å². The van der Waals surface area contributed by atoms with Crippen molar-refractivity contribution in [1.29, 1.82) is 0 Å². The molecule has 4 aromatic rings. The number of carbonyl (C=O) groups excluding carboxylic acids is 3. The highest BCUT2D eigenvalue weighted by Crippen LogP contribution is 2.28. The van der Waals surface area contributed by atoms with E-state index in [9.17, 15) is 9.59 Å². The van der Waals surface area contributed by atoms with Crippen LogP contribution in [0.1, 0.15) is 89.6 Å². The van der Waals surface area contributed by atoms with Crippen molar-refractivity contribution < 1.29 is 23.9 Å². The Labute approximate surface area is 339 Å². The van der Waals surface area contributed by atoms with Gasteiger partial charge >= 0.3 is 0 Å². The second-order valence-electron chi connectivity index (χ2n) is 15.2. The number of nitrogens with zero attached hydrogens (tertiary/aromatic N) is 5. The second-order valence-corrected chi connectivity index (χ2v) is 15.2. The third kappa shape index (κ3) is 14.2. The molecule has 2 fully saturated rings. The molecular weight excluding hydrogens is 717 g/mol. The van der Waals surface area contributed by atoms with E-state index in [4.69, 9.17) is 14.3 Å². The molecule has 5 heterocycles. The maximum atomic E-state index is 12.5. The maximum absolute atomic E-state index is 12.5. The summed E-state index contributed by atoms with van der Waals surface area (Å²) in [5.41, 5.74) is 5.78. The molecule has 2 aliphatic rings. The molecule has 6 rings (SSSR count). The van der Waals surface area contributed by atoms with Gasteiger partial charge in [0, 0.05) is 81.2 Å². The van der Waals surface area contributed by atoms with E-state index in [2.05, 4.69) is 49.6 Å². The Kier molecular flexibility index (Phi) is 17.8. The average molecular weight is 779 g/mol. The molecule has 0 aliphatic carbocycles. The number of hydrogen-bond acceptors (Lipinski definition) is 11. The number of allylic oxidation sites excluding steroid dienone is 1. The number of piperidine rings is 1. The van der Waals surface area contributed by atoms with Crippen LogP contribution in [0.15, 0.2) is 79.1 Å². The lowest BCUT2D eigenvalue weighted by Crippen LogP contribution is -2.54. The molecule has 3 aromatic heterocycles. The molecule has 1 atom stereocenters. The van der Waals surface area contributed by atoms with E-state index in [1.807, 2.05) is 89.3 Å². The van der Waals surface area contributed by atoms with E-state index >= 15 is 0 Å². The molecule has 1 aromatic carbocycles. The number of benzene rings is 1. The fourth-order valence-corrected chi connectivity index (χ4v) is 6.48. The lowest BCUT2D eigenvalue weighted by Gasteiger charge is -2.43. The van der Waals surface area contributed by atoms with E-state index in [0.717, 1.165) is 104 Å². The van der Waals surface area contributed by atoms with Crippen LogP contribution in [0.25, 0.3) is 11.0 Å². The smallest absolute Gasteiger partial charge is 0.165 e. The summed E-state index contributed by atoms with van der Waals surface area (Å²) in [6, 6.07) is 17.7. The van der Waals surface area contributed by atoms with Gasteiger partial charge in [0.25, 0.3) is 0 Å². The van der Waals surface area contributed by atoms with Crippen molar-refractivity contribution >= 4 is 46.2 Å². The van der Waals surface area contributed by atoms with Gasteiger partial charge in [-0.3, -0.25) is 19.5 Å². The summed E-state index contributed by atoms with van der Waals surface area (Å²) >= 11 is 0. The Balaban J connectivity index is 0.000000442. The monoisotopic (exact) mass is 778 g/mol. The number of Topliss-reactive ketones (excluding diaryl/α,β-unsaturated/α-hetero) is 2. The maximum Gasteiger partial charge on any atom is 0.165 e. The lowest BCUT2D eigenvalue weighted by molar-refractivity contribution is -0.119. The number of aldehydes is 1. The van der Waals surface area contributed by atoms with E-state index in [0.29, 0.717) is 37.3 Å². The minimum absolute atomic E-state index is 0.0241. The van der Waals surface area contributed by atoms with Gasteiger partial charge in [-0.25, -0.2) is 9.97 Å². The highest BCUT2D eigenvalue weighted by molar-refractivity contribution is 5.99. The largest absolute Gasteiger partial charge is 0.492 e. The van der Waals surface area contributed by atoms with Gasteiger partial charge in [-0.15, -0.1) is 0 Å². The highest BCUT2D eigenvalue weighted by atomic mass is 16.5. The van der Waals surface area contributed by atoms with Crippen molar-refractivity contribution in [2.75, 3.05) is 49.5 Å². The summed E-state index contributed by atoms with van der Waals surface area (Å²) in [5.74, 6) is 3.26. The van der Waals surface area contributed by atoms with E-state index < -0.39 is 0 Å². The van der Waals surface area contributed by atoms with Crippen LogP contribution in [0, 0.1) is 18.8 Å². The fraction of sp³-hybridized carbons (Fsp3) is 0.478. The SMILES string of the molecule is C=C(C)C(C)CCC(=O)CC.CC=O.Cc1ccc(OCCN2CCC(OC3CN(c4ccnc(Nc5ccc6ncccc6n5)c4)C3)CC2)cc1C(=O)C(C)C. The fourth-order valence-electron chi connectivity index (χ4n) is 6.48. The van der Waals surface area contributed by atoms with Crippen molar-refractivity contribution in [2.24, 2.45) is 11.8 Å². The van der Waals surface area contributed by atoms with Crippen molar-refractivity contribution in [3.8, 4) is 5.75 Å². The van der Waals surface area contributed by atoms with E-state index in [-0.39, 0.29) is 17.8 Å². The van der Waals surface area contributed by atoms with Crippen LogP contribution < -0.4 is 15.0 Å². The molecule has 11 heteroatoms. The zero-order valence-corrected chi connectivity index (χ0v) is 35.0. The number of ether oxygens (including phenoxy) is 2. The van der Waals surface area contributed by atoms with Crippen LogP contribution in [0.3, 0.4) is 0 Å². The Bertz CT molecular complexity index is 1920. The van der Waals surface area contributed by atoms with Gasteiger partial charge in [0.2, 0.25) is 0 Å². The number of ketones is 2. The first-order chi connectivity index (χ1) is 27.4. The predicted octanol–water partition coefficient (Wildman–Crippen LogP) is 8.83. The lowest BCUT2D eigenvalue weighted by atomic mass is 9.97. The number of hydrogen-bond donors (Lipinski definition) is 1. The first kappa shape index (κ1) is 44.7. The summed E-state index contributed by atoms with van der Waals surface area (Å²) in [7, 11) is 0. The molecule has 0 amide bonds. The predicted molar refractivity (Wildman–Crippen MR) is 230 cm³/mol. The van der Waals surface area contributed by atoms with Crippen LogP contribution in [-0.4, -0.2) is 89.2 Å². The number of likely N-dealkylation sites (tertiary alicyclic amines) is 1. The van der Waals surface area contributed by atoms with Crippen LogP contribution in [-0.2, 0) is 14.3 Å². The van der Waals surface area contributed by atoms with Gasteiger partial charge in [0.15, 0.2) is 5.78 Å². The molecule has 0 spiro atoms. The van der Waals surface area contributed by atoms with Crippen molar-refractivity contribution in [3.05, 3.63) is 90.3 Å². The number of pyridine rings is 3. The molecule has 57 heavy (non-hydrogen) atoms. The van der Waals surface area contributed by atoms with Crippen LogP contribution in [0.4, 0.5) is 17.3 Å². The highest BCUT2D eigenvalue weighted by Gasteiger charge is 2.31. The summed E-state index contributed by atoms with van der Waals surface area (Å²) in [6.45, 7) is 22.4. The molecule has 2 saturated heterocycles. The number of fused-ring (bicyclic) bond motifs is 1. The van der Waals surface area contributed by atoms with E-state index in [1.54, 1.807) is 6.20 Å². The van der Waals surface area contributed by atoms with Gasteiger partial charge in [0.05, 0.1) is 23.2 Å². The van der Waals surface area contributed by atoms with Crippen molar-refractivity contribution in [1.82, 2.24) is 19.9 Å². The number of anilines is 3. The van der Waals surface area contributed by atoms with Gasteiger partial charge in [-0.1, -0.05) is 45.9 Å². The summed E-state index contributed by atoms with van der Waals surface area (Å²) in [4.78, 5) is 50.4. The number of nitrogens with one attached hydrogen (secondary N) is 1. The quantitative estimate of drug-likeness (QED) is 0.0666. The Morgan fingerprint density at radius 1 is 0.965 bits per heavy atom. The first-order valence-electron chi connectivity index (χ1n) is 20.3. The number of rotatable bonds is 16. The number of aryl methyl sites for hydroxylation is 1. The second kappa shape index (κ2) is 22.7. The molecule has 306 valence electrons. The summed E-state index contributed by atoms with van der Waals surface area (Å²) < 4.78 is 12.5. The van der Waals surface area contributed by atoms with Gasteiger partial charge in [-0.2, -0.15) is 0 Å². The van der Waals surface area contributed by atoms with Crippen LogP contribution in [0.2, 0.25) is 0 Å². The number of carbonyl (C=O) groups is 3. The van der Waals surface area contributed by atoms with Gasteiger partial charge in [-0.05, 0) is 94.0 Å². The minimum atomic E-state index is -0.0241. The van der Waals surface area contributed by atoms with Crippen molar-refractivity contribution in [3.63, 3.8) is 0 Å². The topological polar surface area (TPSA) is 127 Å². The van der Waals surface area contributed by atoms with Gasteiger partial charge < -0.3 is 24.5 Å². The zero-order valence-electron chi connectivity index (χ0n) is 35.0. The molecule has 0 saturated carbocycles. The molecular formula is C46H62N6O5. The molecule has 11 nitrogen and oxygen atoms in total. The number of aromatic nitrogens is 3. The third-order valence-corrected chi connectivity index (χ3v) is 10.4. The zero-order chi connectivity index (χ0) is 41.3. The molecule has 1 N–H and O–H groups in total.